The number of aliphatic hydroxyl groups excluding tert-OH is 1. The van der Waals surface area contributed by atoms with Gasteiger partial charge < -0.3 is 25.1 Å². The van der Waals surface area contributed by atoms with Crippen LogP contribution in [0.1, 0.15) is 13.2 Å². The van der Waals surface area contributed by atoms with Crippen molar-refractivity contribution in [2.75, 3.05) is 18.9 Å². The SMILES string of the molecule is C=C(C)C(=O)OCC(=O)OCC1O[C@@H](n2ccc(N)nc2=O)C(F)(F)[C@H]1O. The Kier molecular flexibility index (Phi) is 5.91. The van der Waals surface area contributed by atoms with Crippen molar-refractivity contribution in [3.63, 3.8) is 0 Å². The zero-order valence-corrected chi connectivity index (χ0v) is 14.1. The molecule has 0 saturated carbocycles. The molecule has 0 aliphatic carbocycles. The Hall–Kier alpha value is -2.86. The molecular formula is C15H17F2N3O7. The maximum Gasteiger partial charge on any atom is 0.351 e. The number of carbonyl (C=O) groups is 2. The van der Waals surface area contributed by atoms with Crippen molar-refractivity contribution < 1.29 is 37.7 Å². The van der Waals surface area contributed by atoms with E-state index in [1.54, 1.807) is 0 Å². The molecule has 2 heterocycles. The fraction of sp³-hybridized carbons (Fsp3) is 0.467. The molecule has 3 atom stereocenters. The van der Waals surface area contributed by atoms with Gasteiger partial charge in [-0.25, -0.2) is 14.4 Å². The fourth-order valence-corrected chi connectivity index (χ4v) is 2.17. The third kappa shape index (κ3) is 4.46. The molecule has 2 rings (SSSR count). The summed E-state index contributed by atoms with van der Waals surface area (Å²) in [5, 5.41) is 9.77. The minimum absolute atomic E-state index is 0.0578. The molecular weight excluding hydrogens is 372 g/mol. The number of alkyl halides is 2. The van der Waals surface area contributed by atoms with Gasteiger partial charge in [-0.1, -0.05) is 6.58 Å². The summed E-state index contributed by atoms with van der Waals surface area (Å²) in [5.74, 6) is -5.91. The Balaban J connectivity index is 2.01. The zero-order chi connectivity index (χ0) is 20.4. The van der Waals surface area contributed by atoms with E-state index in [9.17, 15) is 28.3 Å². The number of hydrogen-bond donors (Lipinski definition) is 2. The third-order valence-electron chi connectivity index (χ3n) is 3.56. The highest BCUT2D eigenvalue weighted by Gasteiger charge is 2.60. The van der Waals surface area contributed by atoms with Crippen LogP contribution in [0, 0.1) is 0 Å². The number of aromatic nitrogens is 2. The lowest BCUT2D eigenvalue weighted by molar-refractivity contribution is -0.161. The van der Waals surface area contributed by atoms with Crippen molar-refractivity contribution in [3.05, 3.63) is 34.9 Å². The van der Waals surface area contributed by atoms with Crippen LogP contribution in [0.5, 0.6) is 0 Å². The van der Waals surface area contributed by atoms with Crippen LogP contribution in [-0.4, -0.2) is 57.9 Å². The highest BCUT2D eigenvalue weighted by molar-refractivity contribution is 5.88. The van der Waals surface area contributed by atoms with Gasteiger partial charge >= 0.3 is 23.6 Å². The maximum atomic E-state index is 14.3. The molecule has 3 N–H and O–H groups in total. The standard InChI is InChI=1S/C15H17F2N3O7/c1-7(2)12(23)26-6-10(21)25-5-8-11(22)15(16,17)13(27-8)20-4-3-9(18)19-14(20)24/h3-4,8,11,13,22H,1,5-6H2,2H3,(H2,18,19,24)/t8?,11-,13+/m0/s1. The molecule has 1 fully saturated rings. The summed E-state index contributed by atoms with van der Waals surface area (Å²) in [4.78, 5) is 37.7. The van der Waals surface area contributed by atoms with E-state index in [0.717, 1.165) is 12.3 Å². The molecule has 10 nitrogen and oxygen atoms in total. The summed E-state index contributed by atoms with van der Waals surface area (Å²) in [6.45, 7) is 3.16. The van der Waals surface area contributed by atoms with Gasteiger partial charge in [-0.15, -0.1) is 0 Å². The fourth-order valence-electron chi connectivity index (χ4n) is 2.17. The molecule has 0 radical (unpaired) electrons. The summed E-state index contributed by atoms with van der Waals surface area (Å²) >= 11 is 0. The van der Waals surface area contributed by atoms with E-state index in [-0.39, 0.29) is 11.4 Å². The van der Waals surface area contributed by atoms with Gasteiger partial charge in [0.05, 0.1) is 0 Å². The predicted octanol–water partition coefficient (Wildman–Crippen LogP) is -0.618. The summed E-state index contributed by atoms with van der Waals surface area (Å²) in [6.07, 6.45) is -5.22. The van der Waals surface area contributed by atoms with Gasteiger partial charge in [-0.3, -0.25) is 4.57 Å². The minimum atomic E-state index is -3.87. The summed E-state index contributed by atoms with van der Waals surface area (Å²) in [6, 6.07) is 1.11. The average Bonchev–Trinajstić information content (AvgIpc) is 2.81. The molecule has 1 aromatic heterocycles. The molecule has 1 aromatic rings. The quantitative estimate of drug-likeness (QED) is 0.481. The number of aliphatic hydroxyl groups is 1. The van der Waals surface area contributed by atoms with E-state index in [4.69, 9.17) is 10.5 Å². The Morgan fingerprint density at radius 3 is 2.74 bits per heavy atom. The highest BCUT2D eigenvalue weighted by atomic mass is 19.3. The molecule has 1 unspecified atom stereocenters. The van der Waals surface area contributed by atoms with Crippen molar-refractivity contribution in [1.82, 2.24) is 9.55 Å². The van der Waals surface area contributed by atoms with E-state index in [2.05, 4.69) is 21.0 Å². The van der Waals surface area contributed by atoms with Crippen molar-refractivity contribution in [2.45, 2.75) is 31.3 Å². The second-order valence-electron chi connectivity index (χ2n) is 5.73. The van der Waals surface area contributed by atoms with Crippen LogP contribution < -0.4 is 11.4 Å². The molecule has 1 aliphatic heterocycles. The molecule has 27 heavy (non-hydrogen) atoms. The molecule has 148 valence electrons. The van der Waals surface area contributed by atoms with Gasteiger partial charge in [-0.2, -0.15) is 13.8 Å². The van der Waals surface area contributed by atoms with Crippen LogP contribution in [0.25, 0.3) is 0 Å². The Morgan fingerprint density at radius 2 is 2.15 bits per heavy atom. The highest BCUT2D eigenvalue weighted by Crippen LogP contribution is 2.42. The Labute approximate surface area is 151 Å². The molecule has 0 aromatic carbocycles. The number of carbonyl (C=O) groups excluding carboxylic acids is 2. The largest absolute Gasteiger partial charge is 0.460 e. The number of halogens is 2. The van der Waals surface area contributed by atoms with E-state index < -0.39 is 55.2 Å². The van der Waals surface area contributed by atoms with Crippen LogP contribution >= 0.6 is 0 Å². The average molecular weight is 389 g/mol. The number of rotatable bonds is 6. The summed E-state index contributed by atoms with van der Waals surface area (Å²) in [5.41, 5.74) is 4.25. The number of nitrogen functional groups attached to an aromatic ring is 1. The second kappa shape index (κ2) is 7.80. The number of ether oxygens (including phenoxy) is 3. The van der Waals surface area contributed by atoms with Crippen molar-refractivity contribution in [2.24, 2.45) is 0 Å². The van der Waals surface area contributed by atoms with Crippen LogP contribution in [0.3, 0.4) is 0 Å². The van der Waals surface area contributed by atoms with E-state index >= 15 is 0 Å². The third-order valence-corrected chi connectivity index (χ3v) is 3.56. The monoisotopic (exact) mass is 389 g/mol. The molecule has 0 spiro atoms. The van der Waals surface area contributed by atoms with Crippen molar-refractivity contribution in [1.29, 1.82) is 0 Å². The van der Waals surface area contributed by atoms with Gasteiger partial charge in [0.1, 0.15) is 18.5 Å². The van der Waals surface area contributed by atoms with E-state index in [1.165, 1.54) is 6.92 Å². The summed E-state index contributed by atoms with van der Waals surface area (Å²) < 4.78 is 43.2. The number of hydrogen-bond acceptors (Lipinski definition) is 9. The van der Waals surface area contributed by atoms with E-state index in [0.29, 0.717) is 4.57 Å². The normalized spacial score (nSPS) is 23.6. The van der Waals surface area contributed by atoms with Crippen molar-refractivity contribution in [3.8, 4) is 0 Å². The molecule has 1 aliphatic rings. The lowest BCUT2D eigenvalue weighted by atomic mass is 10.1. The predicted molar refractivity (Wildman–Crippen MR) is 84.5 cm³/mol. The van der Waals surface area contributed by atoms with Crippen LogP contribution in [-0.2, 0) is 23.8 Å². The maximum absolute atomic E-state index is 14.3. The summed E-state index contributed by atoms with van der Waals surface area (Å²) in [7, 11) is 0. The number of nitrogens with zero attached hydrogens (tertiary/aromatic N) is 2. The number of esters is 2. The smallest absolute Gasteiger partial charge is 0.351 e. The van der Waals surface area contributed by atoms with Gasteiger partial charge in [0.15, 0.2) is 12.7 Å². The first-order valence-electron chi connectivity index (χ1n) is 7.58. The first-order chi connectivity index (χ1) is 12.5. The van der Waals surface area contributed by atoms with Gasteiger partial charge in [-0.05, 0) is 13.0 Å². The van der Waals surface area contributed by atoms with Crippen LogP contribution in [0.15, 0.2) is 29.2 Å². The van der Waals surface area contributed by atoms with Gasteiger partial charge in [0.2, 0.25) is 6.23 Å². The Bertz CT molecular complexity index is 811. The molecule has 12 heteroatoms. The first kappa shape index (κ1) is 20.5. The number of nitrogens with two attached hydrogens (primary N) is 1. The van der Waals surface area contributed by atoms with Crippen LogP contribution in [0.2, 0.25) is 0 Å². The Morgan fingerprint density at radius 1 is 1.48 bits per heavy atom. The van der Waals surface area contributed by atoms with E-state index in [1.807, 2.05) is 0 Å². The van der Waals surface area contributed by atoms with Crippen molar-refractivity contribution >= 4 is 17.8 Å². The van der Waals surface area contributed by atoms with Crippen LogP contribution in [0.4, 0.5) is 14.6 Å². The zero-order valence-electron chi connectivity index (χ0n) is 14.1. The minimum Gasteiger partial charge on any atom is -0.460 e. The van der Waals surface area contributed by atoms with Gasteiger partial charge in [0, 0.05) is 11.8 Å². The molecule has 0 bridgehead atoms. The lowest BCUT2D eigenvalue weighted by Crippen LogP contribution is -2.42. The molecule has 0 amide bonds. The lowest BCUT2D eigenvalue weighted by Gasteiger charge is -2.20. The molecule has 1 saturated heterocycles. The number of anilines is 1. The second-order valence-corrected chi connectivity index (χ2v) is 5.73. The first-order valence-corrected chi connectivity index (χ1v) is 7.58. The topological polar surface area (TPSA) is 143 Å². The van der Waals surface area contributed by atoms with Gasteiger partial charge in [0.25, 0.3) is 0 Å².